The lowest BCUT2D eigenvalue weighted by Crippen LogP contribution is -2.23. The highest BCUT2D eigenvalue weighted by Gasteiger charge is 2.14. The van der Waals surface area contributed by atoms with Crippen molar-refractivity contribution in [1.29, 1.82) is 0 Å². The van der Waals surface area contributed by atoms with Crippen LogP contribution in [0.4, 0.5) is 5.69 Å². The van der Waals surface area contributed by atoms with E-state index in [0.717, 1.165) is 26.5 Å². The lowest BCUT2D eigenvalue weighted by atomic mass is 10.2. The van der Waals surface area contributed by atoms with E-state index in [2.05, 4.69) is 25.6 Å². The number of hydrogen-bond acceptors (Lipinski definition) is 5. The van der Waals surface area contributed by atoms with E-state index >= 15 is 0 Å². The molecule has 8 nitrogen and oxygen atoms in total. The van der Waals surface area contributed by atoms with Gasteiger partial charge < -0.3 is 4.57 Å². The summed E-state index contributed by atoms with van der Waals surface area (Å²) in [6.45, 7) is 4.50. The van der Waals surface area contributed by atoms with E-state index in [1.54, 1.807) is 24.4 Å². The molecule has 0 saturated carbocycles. The van der Waals surface area contributed by atoms with E-state index < -0.39 is 4.92 Å². The van der Waals surface area contributed by atoms with Crippen LogP contribution in [-0.4, -0.2) is 25.4 Å². The Morgan fingerprint density at radius 3 is 2.56 bits per heavy atom. The molecule has 0 atom stereocenters. The van der Waals surface area contributed by atoms with Crippen LogP contribution in [0, 0.1) is 10.1 Å². The summed E-state index contributed by atoms with van der Waals surface area (Å²) in [5.74, 6) is 0.576. The van der Waals surface area contributed by atoms with Crippen LogP contribution in [0.1, 0.15) is 36.7 Å². The molecule has 0 amide bonds. The number of non-ortho nitro benzene ring substituents is 1. The summed E-state index contributed by atoms with van der Waals surface area (Å²) in [4.78, 5) is 28.6. The number of nitro groups is 1. The van der Waals surface area contributed by atoms with Gasteiger partial charge in [-0.2, -0.15) is 9.78 Å². The van der Waals surface area contributed by atoms with Crippen molar-refractivity contribution < 1.29 is 4.92 Å². The van der Waals surface area contributed by atoms with Crippen molar-refractivity contribution in [2.75, 3.05) is 0 Å². The quantitative estimate of drug-likeness (QED) is 0.147. The van der Waals surface area contributed by atoms with Gasteiger partial charge in [0.15, 0.2) is 0 Å². The average Bonchev–Trinajstić information content (AvgIpc) is 3.21. The smallest absolute Gasteiger partial charge is 0.282 e. The molecule has 0 spiro atoms. The third-order valence-electron chi connectivity index (χ3n) is 5.98. The van der Waals surface area contributed by atoms with Crippen molar-refractivity contribution in [3.8, 4) is 0 Å². The second-order valence-corrected chi connectivity index (χ2v) is 9.72. The van der Waals surface area contributed by atoms with Crippen molar-refractivity contribution >= 4 is 49.6 Å². The van der Waals surface area contributed by atoms with Crippen LogP contribution in [0.2, 0.25) is 0 Å². The van der Waals surface area contributed by atoms with Crippen molar-refractivity contribution in [3.05, 3.63) is 115 Å². The summed E-state index contributed by atoms with van der Waals surface area (Å²) in [6, 6.07) is 19.9. The van der Waals surface area contributed by atoms with Crippen molar-refractivity contribution in [2.24, 2.45) is 5.10 Å². The van der Waals surface area contributed by atoms with E-state index in [-0.39, 0.29) is 17.2 Å². The Morgan fingerprint density at radius 1 is 1.08 bits per heavy atom. The number of aromatic nitrogens is 3. The fraction of sp³-hybridized carbons (Fsp3) is 0.148. The van der Waals surface area contributed by atoms with Crippen LogP contribution in [0.5, 0.6) is 0 Å². The predicted octanol–water partition coefficient (Wildman–Crippen LogP) is 6.08. The maximum Gasteiger partial charge on any atom is 0.282 e. The third kappa shape index (κ3) is 4.45. The first kappa shape index (κ1) is 23.6. The summed E-state index contributed by atoms with van der Waals surface area (Å²) in [5.41, 5.74) is 3.26. The van der Waals surface area contributed by atoms with Gasteiger partial charge in [0.2, 0.25) is 0 Å². The van der Waals surface area contributed by atoms with Gasteiger partial charge in [0, 0.05) is 51.7 Å². The molecule has 0 radical (unpaired) electrons. The molecule has 0 N–H and O–H groups in total. The lowest BCUT2D eigenvalue weighted by molar-refractivity contribution is -0.384. The molecule has 0 aliphatic carbocycles. The molecule has 2 aromatic heterocycles. The highest BCUT2D eigenvalue weighted by Crippen LogP contribution is 2.23. The average molecular weight is 544 g/mol. The molecular formula is C27H22BrN5O3. The van der Waals surface area contributed by atoms with Gasteiger partial charge >= 0.3 is 0 Å². The number of hydrogen-bond donors (Lipinski definition) is 0. The van der Waals surface area contributed by atoms with Gasteiger partial charge in [-0.3, -0.25) is 14.9 Å². The molecule has 0 aliphatic rings. The first-order valence-corrected chi connectivity index (χ1v) is 12.2. The lowest BCUT2D eigenvalue weighted by Gasteiger charge is -2.11. The molecule has 180 valence electrons. The maximum atomic E-state index is 13.3. The van der Waals surface area contributed by atoms with Gasteiger partial charge in [0.05, 0.1) is 22.0 Å². The Labute approximate surface area is 214 Å². The van der Waals surface area contributed by atoms with Crippen LogP contribution in [0.3, 0.4) is 0 Å². The van der Waals surface area contributed by atoms with Crippen LogP contribution < -0.4 is 5.56 Å². The minimum atomic E-state index is -0.406. The maximum absolute atomic E-state index is 13.3. The van der Waals surface area contributed by atoms with E-state index in [1.807, 2.05) is 56.4 Å². The van der Waals surface area contributed by atoms with Crippen LogP contribution in [0.25, 0.3) is 21.8 Å². The Bertz CT molecular complexity index is 1700. The normalized spacial score (nSPS) is 11.8. The number of halogens is 1. The van der Waals surface area contributed by atoms with Crippen molar-refractivity contribution in [3.63, 3.8) is 0 Å². The summed E-state index contributed by atoms with van der Waals surface area (Å²) >= 11 is 3.43. The molecule has 5 rings (SSSR count). The Kier molecular flexibility index (Phi) is 6.24. The Balaban J connectivity index is 1.57. The van der Waals surface area contributed by atoms with Crippen LogP contribution in [-0.2, 0) is 6.54 Å². The number of para-hydroxylation sites is 1. The fourth-order valence-corrected chi connectivity index (χ4v) is 4.56. The number of nitrogens with zero attached hydrogens (tertiary/aromatic N) is 5. The van der Waals surface area contributed by atoms with E-state index in [0.29, 0.717) is 23.3 Å². The largest absolute Gasteiger partial charge is 0.342 e. The Hall–Kier alpha value is -4.11. The molecule has 0 unspecified atom stereocenters. The first-order valence-electron chi connectivity index (χ1n) is 11.4. The second-order valence-electron chi connectivity index (χ2n) is 8.80. The van der Waals surface area contributed by atoms with Crippen molar-refractivity contribution in [1.82, 2.24) is 14.2 Å². The molecule has 0 fully saturated rings. The minimum absolute atomic E-state index is 0.00798. The molecule has 0 aliphatic heterocycles. The molecule has 5 aromatic rings. The molecule has 36 heavy (non-hydrogen) atoms. The van der Waals surface area contributed by atoms with Gasteiger partial charge in [-0.25, -0.2) is 4.98 Å². The zero-order valence-corrected chi connectivity index (χ0v) is 21.2. The van der Waals surface area contributed by atoms with Gasteiger partial charge in [-0.05, 0) is 29.8 Å². The molecule has 3 aromatic carbocycles. The SMILES string of the molecule is CC(C)c1nc2ccc(Br)cc2c(=O)n1N=Cc1cn(Cc2ccc([N+](=O)[O-])cc2)c2ccccc12. The van der Waals surface area contributed by atoms with Gasteiger partial charge in [0.1, 0.15) is 5.82 Å². The second kappa shape index (κ2) is 9.50. The molecule has 0 saturated heterocycles. The number of rotatable bonds is 6. The van der Waals surface area contributed by atoms with Gasteiger partial charge in [0.25, 0.3) is 11.2 Å². The standard InChI is InChI=1S/C27H22BrN5O3/c1-17(2)26-30-24-12-9-20(28)13-23(24)27(34)32(26)29-14-19-16-31(25-6-4-3-5-22(19)25)15-18-7-10-21(11-8-18)33(35)36/h3-14,16-17H,15H2,1-2H3. The molecular weight excluding hydrogens is 522 g/mol. The van der Waals surface area contributed by atoms with Crippen molar-refractivity contribution in [2.45, 2.75) is 26.3 Å². The summed E-state index contributed by atoms with van der Waals surface area (Å²) in [7, 11) is 0. The summed E-state index contributed by atoms with van der Waals surface area (Å²) in [5, 5.41) is 17.0. The molecule has 2 heterocycles. The minimum Gasteiger partial charge on any atom is -0.342 e. The number of benzene rings is 3. The number of fused-ring (bicyclic) bond motifs is 2. The Morgan fingerprint density at radius 2 is 1.83 bits per heavy atom. The monoisotopic (exact) mass is 543 g/mol. The first-order chi connectivity index (χ1) is 17.3. The topological polar surface area (TPSA) is 95.3 Å². The third-order valence-corrected chi connectivity index (χ3v) is 6.47. The summed E-state index contributed by atoms with van der Waals surface area (Å²) < 4.78 is 4.25. The van der Waals surface area contributed by atoms with Gasteiger partial charge in [-0.15, -0.1) is 0 Å². The van der Waals surface area contributed by atoms with E-state index in [1.165, 1.54) is 16.8 Å². The number of nitro benzene ring substituents is 1. The van der Waals surface area contributed by atoms with Gasteiger partial charge in [-0.1, -0.05) is 60.1 Å². The summed E-state index contributed by atoms with van der Waals surface area (Å²) in [6.07, 6.45) is 3.66. The predicted molar refractivity (Wildman–Crippen MR) is 145 cm³/mol. The van der Waals surface area contributed by atoms with E-state index in [4.69, 9.17) is 4.98 Å². The highest BCUT2D eigenvalue weighted by molar-refractivity contribution is 9.10. The molecule has 0 bridgehead atoms. The zero-order valence-electron chi connectivity index (χ0n) is 19.6. The molecule has 9 heteroatoms. The fourth-order valence-electron chi connectivity index (χ4n) is 4.20. The van der Waals surface area contributed by atoms with E-state index in [9.17, 15) is 14.9 Å². The zero-order chi connectivity index (χ0) is 25.4. The highest BCUT2D eigenvalue weighted by atomic mass is 79.9. The van der Waals surface area contributed by atoms with Crippen LogP contribution in [0.15, 0.2) is 87.3 Å². The van der Waals surface area contributed by atoms with Crippen LogP contribution >= 0.6 is 15.9 Å².